The van der Waals surface area contributed by atoms with Crippen LogP contribution in [0.3, 0.4) is 0 Å². The molecule has 2 N–H and O–H groups in total. The number of carboxylic acid groups (broad SMARTS) is 1. The molecule has 0 fully saturated rings. The van der Waals surface area contributed by atoms with Crippen LogP contribution >= 0.6 is 0 Å². The molecule has 1 aromatic heterocycles. The Morgan fingerprint density at radius 3 is 2.57 bits per heavy atom. The summed E-state index contributed by atoms with van der Waals surface area (Å²) in [5, 5.41) is 11.6. The monoisotopic (exact) mass is 324 g/mol. The van der Waals surface area contributed by atoms with Gasteiger partial charge in [0.2, 0.25) is 0 Å². The van der Waals surface area contributed by atoms with Gasteiger partial charge in [0.05, 0.1) is 0 Å². The first-order chi connectivity index (χ1) is 9.61. The molecule has 21 heavy (non-hydrogen) atoms. The van der Waals surface area contributed by atoms with E-state index in [1.807, 2.05) is 0 Å². The smallest absolute Gasteiger partial charge is 0.433 e. The molecule has 0 amide bonds. The van der Waals surface area contributed by atoms with Gasteiger partial charge >= 0.3 is 12.1 Å². The van der Waals surface area contributed by atoms with Crippen molar-refractivity contribution in [3.05, 3.63) is 23.4 Å². The van der Waals surface area contributed by atoms with Gasteiger partial charge in [-0.1, -0.05) is 0 Å². The van der Waals surface area contributed by atoms with Crippen LogP contribution in [0.4, 0.5) is 19.0 Å². The zero-order chi connectivity index (χ0) is 16.2. The summed E-state index contributed by atoms with van der Waals surface area (Å²) in [6, 6.07) is 1.13. The average Bonchev–Trinajstić information content (AvgIpc) is 2.34. The predicted molar refractivity (Wildman–Crippen MR) is 72.8 cm³/mol. The Bertz CT molecular complexity index is 549. The van der Waals surface area contributed by atoms with Gasteiger partial charge in [0, 0.05) is 28.9 Å². The Hall–Kier alpha value is -1.64. The van der Waals surface area contributed by atoms with E-state index in [1.165, 1.54) is 6.26 Å². The van der Waals surface area contributed by atoms with Crippen LogP contribution in [0.15, 0.2) is 12.1 Å². The maximum absolute atomic E-state index is 12.6. The SMILES string of the molecule is CC(CCS(C)=O)Nc1nc(C(F)(F)F)ccc1C(=O)O. The third-order valence-corrected chi connectivity index (χ3v) is 3.45. The van der Waals surface area contributed by atoms with Gasteiger partial charge in [-0.3, -0.25) is 4.21 Å². The van der Waals surface area contributed by atoms with E-state index in [0.29, 0.717) is 18.2 Å². The Labute approximate surface area is 122 Å². The summed E-state index contributed by atoms with van der Waals surface area (Å²) >= 11 is 0. The number of aromatic nitrogens is 1. The van der Waals surface area contributed by atoms with E-state index >= 15 is 0 Å². The lowest BCUT2D eigenvalue weighted by Crippen LogP contribution is -2.22. The Balaban J connectivity index is 3.01. The number of nitrogens with one attached hydrogen (secondary N) is 1. The molecular weight excluding hydrogens is 309 g/mol. The first-order valence-corrected chi connectivity index (χ1v) is 7.72. The molecule has 5 nitrogen and oxygen atoms in total. The highest BCUT2D eigenvalue weighted by molar-refractivity contribution is 7.84. The predicted octanol–water partition coefficient (Wildman–Crippen LogP) is 2.37. The van der Waals surface area contributed by atoms with Crippen LogP contribution < -0.4 is 5.32 Å². The summed E-state index contributed by atoms with van der Waals surface area (Å²) in [6.07, 6.45) is -2.72. The molecule has 0 bridgehead atoms. The topological polar surface area (TPSA) is 79.3 Å². The molecule has 0 aliphatic rings. The minimum Gasteiger partial charge on any atom is -0.478 e. The first kappa shape index (κ1) is 17.4. The molecule has 0 aromatic carbocycles. The number of carbonyl (C=O) groups is 1. The fourth-order valence-electron chi connectivity index (χ4n) is 1.55. The molecule has 0 spiro atoms. The van der Waals surface area contributed by atoms with Crippen LogP contribution in [0, 0.1) is 0 Å². The number of aromatic carboxylic acids is 1. The van der Waals surface area contributed by atoms with Crippen LogP contribution in [0.25, 0.3) is 0 Å². The van der Waals surface area contributed by atoms with Crippen LogP contribution in [0.2, 0.25) is 0 Å². The molecule has 1 aromatic rings. The maximum Gasteiger partial charge on any atom is 0.433 e. The van der Waals surface area contributed by atoms with E-state index in [1.54, 1.807) is 6.92 Å². The first-order valence-electron chi connectivity index (χ1n) is 5.99. The van der Waals surface area contributed by atoms with Crippen molar-refractivity contribution in [3.8, 4) is 0 Å². The highest BCUT2D eigenvalue weighted by Gasteiger charge is 2.33. The van der Waals surface area contributed by atoms with Gasteiger partial charge in [-0.05, 0) is 25.5 Å². The molecule has 0 saturated carbocycles. The van der Waals surface area contributed by atoms with Crippen LogP contribution in [-0.4, -0.2) is 38.3 Å². The van der Waals surface area contributed by atoms with Gasteiger partial charge in [0.15, 0.2) is 0 Å². The number of halogens is 3. The molecule has 2 atom stereocenters. The summed E-state index contributed by atoms with van der Waals surface area (Å²) in [6.45, 7) is 1.65. The minimum atomic E-state index is -4.65. The van der Waals surface area contributed by atoms with Gasteiger partial charge in [-0.25, -0.2) is 9.78 Å². The van der Waals surface area contributed by atoms with Crippen molar-refractivity contribution in [2.45, 2.75) is 25.6 Å². The molecule has 1 rings (SSSR count). The number of anilines is 1. The molecule has 0 aliphatic heterocycles. The van der Waals surface area contributed by atoms with Crippen molar-refractivity contribution in [1.82, 2.24) is 4.98 Å². The van der Waals surface area contributed by atoms with Crippen molar-refractivity contribution >= 4 is 22.6 Å². The summed E-state index contributed by atoms with van der Waals surface area (Å²) < 4.78 is 48.8. The molecule has 0 radical (unpaired) electrons. The second-order valence-electron chi connectivity index (χ2n) is 4.51. The second-order valence-corrected chi connectivity index (χ2v) is 6.06. The highest BCUT2D eigenvalue weighted by Crippen LogP contribution is 2.29. The Morgan fingerprint density at radius 1 is 1.48 bits per heavy atom. The van der Waals surface area contributed by atoms with Crippen LogP contribution in [0.5, 0.6) is 0 Å². The van der Waals surface area contributed by atoms with Gasteiger partial charge in [-0.2, -0.15) is 13.2 Å². The van der Waals surface area contributed by atoms with E-state index in [4.69, 9.17) is 5.11 Å². The van der Waals surface area contributed by atoms with Crippen molar-refractivity contribution in [1.29, 1.82) is 0 Å². The lowest BCUT2D eigenvalue weighted by Gasteiger charge is -2.17. The number of hydrogen-bond donors (Lipinski definition) is 2. The maximum atomic E-state index is 12.6. The highest BCUT2D eigenvalue weighted by atomic mass is 32.2. The van der Waals surface area contributed by atoms with Gasteiger partial charge in [0.1, 0.15) is 17.1 Å². The summed E-state index contributed by atoms with van der Waals surface area (Å²) in [7, 11) is -1.03. The summed E-state index contributed by atoms with van der Waals surface area (Å²) in [5.74, 6) is -1.35. The van der Waals surface area contributed by atoms with Crippen molar-refractivity contribution in [2.24, 2.45) is 0 Å². The Kier molecular flexibility index (Phi) is 5.70. The number of carboxylic acids is 1. The number of rotatable bonds is 6. The average molecular weight is 324 g/mol. The molecule has 0 saturated heterocycles. The van der Waals surface area contributed by atoms with E-state index in [9.17, 15) is 22.2 Å². The van der Waals surface area contributed by atoms with Crippen molar-refractivity contribution < 1.29 is 27.3 Å². The van der Waals surface area contributed by atoms with Gasteiger partial charge in [0.25, 0.3) is 0 Å². The van der Waals surface area contributed by atoms with Crippen LogP contribution in [-0.2, 0) is 17.0 Å². The quantitative estimate of drug-likeness (QED) is 0.840. The molecular formula is C12H15F3N2O3S. The molecule has 0 aliphatic carbocycles. The summed E-state index contributed by atoms with van der Waals surface area (Å²) in [5.41, 5.74) is -1.51. The number of alkyl halides is 3. The largest absolute Gasteiger partial charge is 0.478 e. The van der Waals surface area contributed by atoms with E-state index in [0.717, 1.165) is 6.07 Å². The van der Waals surface area contributed by atoms with Gasteiger partial charge < -0.3 is 10.4 Å². The number of hydrogen-bond acceptors (Lipinski definition) is 4. The fourth-order valence-corrected chi connectivity index (χ4v) is 2.23. The second kappa shape index (κ2) is 6.88. The van der Waals surface area contributed by atoms with Gasteiger partial charge in [-0.15, -0.1) is 0 Å². The lowest BCUT2D eigenvalue weighted by molar-refractivity contribution is -0.141. The van der Waals surface area contributed by atoms with Crippen molar-refractivity contribution in [2.75, 3.05) is 17.3 Å². The molecule has 118 valence electrons. The minimum absolute atomic E-state index is 0.340. The third-order valence-electron chi connectivity index (χ3n) is 2.64. The van der Waals surface area contributed by atoms with E-state index in [-0.39, 0.29) is 17.4 Å². The molecule has 9 heteroatoms. The third kappa shape index (κ3) is 5.33. The normalized spacial score (nSPS) is 14.5. The number of pyridine rings is 1. The molecule has 1 heterocycles. The molecule has 2 unspecified atom stereocenters. The zero-order valence-corrected chi connectivity index (χ0v) is 12.2. The van der Waals surface area contributed by atoms with Crippen LogP contribution in [0.1, 0.15) is 29.4 Å². The number of nitrogens with zero attached hydrogens (tertiary/aromatic N) is 1. The van der Waals surface area contributed by atoms with Crippen molar-refractivity contribution in [3.63, 3.8) is 0 Å². The Morgan fingerprint density at radius 2 is 2.10 bits per heavy atom. The lowest BCUT2D eigenvalue weighted by atomic mass is 10.2. The van der Waals surface area contributed by atoms with E-state index in [2.05, 4.69) is 10.3 Å². The standard InChI is InChI=1S/C12H15F3N2O3S/c1-7(5-6-21(2)20)16-10-8(11(18)19)3-4-9(17-10)12(13,14)15/h3-4,7H,5-6H2,1-2H3,(H,16,17)(H,18,19). The fraction of sp³-hybridized carbons (Fsp3) is 0.500. The van der Waals surface area contributed by atoms with E-state index < -0.39 is 28.6 Å². The zero-order valence-electron chi connectivity index (χ0n) is 11.4. The summed E-state index contributed by atoms with van der Waals surface area (Å²) in [4.78, 5) is 14.4.